The van der Waals surface area contributed by atoms with E-state index in [1.807, 2.05) is 0 Å². The van der Waals surface area contributed by atoms with Crippen molar-refractivity contribution in [1.29, 1.82) is 0 Å². The second kappa shape index (κ2) is 11.4. The number of benzene rings is 2. The first-order chi connectivity index (χ1) is 15.9. The number of hydrogen-bond donors (Lipinski definition) is 2. The van der Waals surface area contributed by atoms with Gasteiger partial charge < -0.3 is 20.3 Å². The second-order valence-electron chi connectivity index (χ2n) is 7.90. The summed E-state index contributed by atoms with van der Waals surface area (Å²) in [5.41, 5.74) is 0.965. The van der Waals surface area contributed by atoms with E-state index in [1.54, 1.807) is 12.1 Å². The third-order valence-corrected chi connectivity index (χ3v) is 5.66. The largest absolute Gasteiger partial charge is 0.495 e. The Labute approximate surface area is 191 Å². The van der Waals surface area contributed by atoms with Crippen LogP contribution in [0, 0.1) is 21.8 Å². The lowest BCUT2D eigenvalue weighted by atomic mass is 9.95. The molecule has 2 N–H and O–H groups in total. The number of ether oxygens (including phenoxy) is 1. The number of amides is 2. The van der Waals surface area contributed by atoms with E-state index in [2.05, 4.69) is 15.5 Å². The highest BCUT2D eigenvalue weighted by Crippen LogP contribution is 2.29. The zero-order chi connectivity index (χ0) is 23.8. The minimum atomic E-state index is -0.533. The van der Waals surface area contributed by atoms with E-state index < -0.39 is 4.92 Å². The van der Waals surface area contributed by atoms with Gasteiger partial charge in [-0.2, -0.15) is 0 Å². The van der Waals surface area contributed by atoms with Crippen molar-refractivity contribution >= 4 is 23.2 Å². The number of methoxy groups -OCH3 is 1. The van der Waals surface area contributed by atoms with Crippen LogP contribution >= 0.6 is 0 Å². The van der Waals surface area contributed by atoms with Crippen LogP contribution in [0.15, 0.2) is 42.5 Å². The lowest BCUT2D eigenvalue weighted by Crippen LogP contribution is -2.41. The maximum atomic E-state index is 13.0. The Kier molecular flexibility index (Phi) is 8.31. The summed E-state index contributed by atoms with van der Waals surface area (Å²) in [5, 5.41) is 16.6. The number of halogens is 1. The number of anilines is 1. The molecule has 176 valence electrons. The number of nitro groups is 1. The molecule has 0 aromatic heterocycles. The molecule has 10 heteroatoms. The third-order valence-electron chi connectivity index (χ3n) is 5.66. The number of non-ortho nitro benzene ring substituents is 1. The number of carbonyl (C=O) groups is 2. The van der Waals surface area contributed by atoms with Gasteiger partial charge in [-0.25, -0.2) is 4.39 Å². The average Bonchev–Trinajstić information content (AvgIpc) is 2.82. The van der Waals surface area contributed by atoms with E-state index in [4.69, 9.17) is 4.74 Å². The van der Waals surface area contributed by atoms with Crippen molar-refractivity contribution < 1.29 is 23.6 Å². The lowest BCUT2D eigenvalue weighted by Gasteiger charge is -2.31. The van der Waals surface area contributed by atoms with Gasteiger partial charge in [0.15, 0.2) is 0 Å². The summed E-state index contributed by atoms with van der Waals surface area (Å²) in [6.07, 6.45) is 1.60. The van der Waals surface area contributed by atoms with Crippen LogP contribution in [0.3, 0.4) is 0 Å². The zero-order valence-corrected chi connectivity index (χ0v) is 18.4. The van der Waals surface area contributed by atoms with Gasteiger partial charge in [0.2, 0.25) is 11.8 Å². The van der Waals surface area contributed by atoms with Gasteiger partial charge in [0, 0.05) is 37.6 Å². The molecule has 3 rings (SSSR count). The fourth-order valence-corrected chi connectivity index (χ4v) is 3.73. The van der Waals surface area contributed by atoms with Crippen LogP contribution in [-0.2, 0) is 16.1 Å². The molecule has 1 heterocycles. The molecule has 9 nitrogen and oxygen atoms in total. The summed E-state index contributed by atoms with van der Waals surface area (Å²) in [7, 11) is 1.43. The molecule has 0 unspecified atom stereocenters. The van der Waals surface area contributed by atoms with Gasteiger partial charge in [0.05, 0.1) is 17.7 Å². The Morgan fingerprint density at radius 3 is 2.52 bits per heavy atom. The van der Waals surface area contributed by atoms with Gasteiger partial charge in [-0.15, -0.1) is 0 Å². The van der Waals surface area contributed by atoms with Gasteiger partial charge in [0.1, 0.15) is 11.6 Å². The average molecular weight is 458 g/mol. The maximum Gasteiger partial charge on any atom is 0.271 e. The van der Waals surface area contributed by atoms with Crippen LogP contribution in [0.4, 0.5) is 15.8 Å². The number of nitro benzene ring substituents is 1. The maximum absolute atomic E-state index is 13.0. The molecule has 0 bridgehead atoms. The van der Waals surface area contributed by atoms with E-state index in [0.29, 0.717) is 44.8 Å². The Balaban J connectivity index is 1.41. The number of rotatable bonds is 9. The van der Waals surface area contributed by atoms with Gasteiger partial charge >= 0.3 is 0 Å². The number of hydrogen-bond acceptors (Lipinski definition) is 6. The van der Waals surface area contributed by atoms with Gasteiger partial charge in [0.25, 0.3) is 5.69 Å². The van der Waals surface area contributed by atoms with Crippen LogP contribution in [0.1, 0.15) is 24.8 Å². The molecule has 1 aliphatic rings. The summed E-state index contributed by atoms with van der Waals surface area (Å²) in [4.78, 5) is 37.3. The molecule has 2 aromatic carbocycles. The monoisotopic (exact) mass is 458 g/mol. The minimum absolute atomic E-state index is 0.0190. The topological polar surface area (TPSA) is 114 Å². The number of likely N-dealkylation sites (tertiary alicyclic amines) is 1. The van der Waals surface area contributed by atoms with Crippen molar-refractivity contribution in [3.05, 3.63) is 64.0 Å². The first-order valence-electron chi connectivity index (χ1n) is 10.7. The molecule has 0 saturated carbocycles. The van der Waals surface area contributed by atoms with E-state index in [0.717, 1.165) is 5.56 Å². The Bertz CT molecular complexity index is 991. The fraction of sp³-hybridized carbons (Fsp3) is 0.391. The molecule has 1 fully saturated rings. The first kappa shape index (κ1) is 24.1. The number of carbonyl (C=O) groups excluding carboxylic acids is 2. The van der Waals surface area contributed by atoms with Crippen molar-refractivity contribution in [3.8, 4) is 5.75 Å². The fourth-order valence-electron chi connectivity index (χ4n) is 3.73. The Morgan fingerprint density at radius 1 is 1.18 bits per heavy atom. The van der Waals surface area contributed by atoms with Crippen molar-refractivity contribution in [2.75, 3.05) is 32.1 Å². The number of piperidine rings is 1. The third kappa shape index (κ3) is 6.98. The van der Waals surface area contributed by atoms with Crippen LogP contribution in [0.25, 0.3) is 0 Å². The summed E-state index contributed by atoms with van der Waals surface area (Å²) in [6, 6.07) is 10.1. The van der Waals surface area contributed by atoms with Gasteiger partial charge in [-0.05, 0) is 49.7 Å². The molecule has 0 radical (unpaired) electrons. The molecule has 2 amide bonds. The summed E-state index contributed by atoms with van der Waals surface area (Å²) in [5.74, 6) is -0.344. The van der Waals surface area contributed by atoms with Gasteiger partial charge in [-0.1, -0.05) is 12.1 Å². The molecule has 33 heavy (non-hydrogen) atoms. The highest BCUT2D eigenvalue weighted by atomic mass is 19.1. The Hall–Kier alpha value is -3.53. The van der Waals surface area contributed by atoms with Crippen LogP contribution < -0.4 is 15.4 Å². The highest BCUT2D eigenvalue weighted by molar-refractivity contribution is 5.92. The molecular weight excluding hydrogens is 431 g/mol. The van der Waals surface area contributed by atoms with E-state index >= 15 is 0 Å². The lowest BCUT2D eigenvalue weighted by molar-refractivity contribution is -0.384. The first-order valence-corrected chi connectivity index (χ1v) is 10.7. The van der Waals surface area contributed by atoms with Crippen LogP contribution in [-0.4, -0.2) is 48.4 Å². The summed E-state index contributed by atoms with van der Waals surface area (Å²) >= 11 is 0. The summed E-state index contributed by atoms with van der Waals surface area (Å²) in [6.45, 7) is 2.28. The zero-order valence-electron chi connectivity index (χ0n) is 18.4. The smallest absolute Gasteiger partial charge is 0.271 e. The minimum Gasteiger partial charge on any atom is -0.495 e. The van der Waals surface area contributed by atoms with Crippen molar-refractivity contribution in [2.24, 2.45) is 5.92 Å². The number of nitrogens with zero attached hydrogens (tertiary/aromatic N) is 2. The molecule has 1 aliphatic heterocycles. The van der Waals surface area contributed by atoms with Crippen LogP contribution in [0.2, 0.25) is 0 Å². The SMILES string of the molecule is COc1ccc([N+](=O)[O-])cc1NC(=O)CCN1CCC(C(=O)NCc2ccc(F)cc2)CC1. The van der Waals surface area contributed by atoms with Crippen molar-refractivity contribution in [3.63, 3.8) is 0 Å². The summed E-state index contributed by atoms with van der Waals surface area (Å²) < 4.78 is 18.1. The molecular formula is C23H27FN4O5. The van der Waals surface area contributed by atoms with E-state index in [1.165, 1.54) is 37.4 Å². The molecule has 1 saturated heterocycles. The van der Waals surface area contributed by atoms with E-state index in [-0.39, 0.29) is 41.3 Å². The standard InChI is InChI=1S/C23H27FN4O5/c1-33-21-7-6-19(28(31)32)14-20(21)26-22(29)10-13-27-11-8-17(9-12-27)23(30)25-15-16-2-4-18(24)5-3-16/h2-7,14,17H,8-13,15H2,1H3,(H,25,30)(H,26,29). The Morgan fingerprint density at radius 2 is 1.88 bits per heavy atom. The van der Waals surface area contributed by atoms with Gasteiger partial charge in [-0.3, -0.25) is 19.7 Å². The highest BCUT2D eigenvalue weighted by Gasteiger charge is 2.25. The molecule has 0 spiro atoms. The normalized spacial score (nSPS) is 14.5. The van der Waals surface area contributed by atoms with Crippen LogP contribution in [0.5, 0.6) is 5.75 Å². The van der Waals surface area contributed by atoms with Crippen molar-refractivity contribution in [1.82, 2.24) is 10.2 Å². The predicted molar refractivity (Wildman–Crippen MR) is 120 cm³/mol. The van der Waals surface area contributed by atoms with Crippen molar-refractivity contribution in [2.45, 2.75) is 25.8 Å². The van der Waals surface area contributed by atoms with E-state index in [9.17, 15) is 24.1 Å². The second-order valence-corrected chi connectivity index (χ2v) is 7.90. The molecule has 2 aromatic rings. The number of nitrogens with one attached hydrogen (secondary N) is 2. The molecule has 0 aliphatic carbocycles. The quantitative estimate of drug-likeness (QED) is 0.441. The molecule has 0 atom stereocenters. The predicted octanol–water partition coefficient (Wildman–Crippen LogP) is 3.10.